The summed E-state index contributed by atoms with van der Waals surface area (Å²) in [6, 6.07) is 21.3. The van der Waals surface area contributed by atoms with Gasteiger partial charge < -0.3 is 14.2 Å². The molecule has 3 aromatic carbocycles. The maximum Gasteiger partial charge on any atom is 0.354 e. The van der Waals surface area contributed by atoms with Crippen molar-refractivity contribution in [3.63, 3.8) is 0 Å². The van der Waals surface area contributed by atoms with Gasteiger partial charge in [-0.05, 0) is 62.2 Å². The minimum absolute atomic E-state index is 0.0586. The van der Waals surface area contributed by atoms with Gasteiger partial charge in [0.15, 0.2) is 0 Å². The van der Waals surface area contributed by atoms with Gasteiger partial charge in [0, 0.05) is 10.9 Å². The maximum atomic E-state index is 13.8. The fourth-order valence-electron chi connectivity index (χ4n) is 4.28. The average Bonchev–Trinajstić information content (AvgIpc) is 2.94. The van der Waals surface area contributed by atoms with Crippen LogP contribution in [0.4, 0.5) is 0 Å². The second kappa shape index (κ2) is 13.1. The quantitative estimate of drug-likeness (QED) is 0.241. The van der Waals surface area contributed by atoms with Crippen LogP contribution < -0.4 is 4.72 Å². The third-order valence-corrected chi connectivity index (χ3v) is 7.73. The first-order chi connectivity index (χ1) is 18.9. The molecule has 1 N–H and O–H groups in total. The summed E-state index contributed by atoms with van der Waals surface area (Å²) in [7, 11) is -1.86. The minimum atomic E-state index is -4.22. The Hall–Kier alpha value is -3.66. The molecule has 0 fully saturated rings. The molecule has 10 heteroatoms. The van der Waals surface area contributed by atoms with Crippen molar-refractivity contribution < 1.29 is 32.2 Å². The van der Waals surface area contributed by atoms with Crippen molar-refractivity contribution >= 4 is 33.6 Å². The first kappa shape index (κ1) is 30.9. The molecular weight excluding hydrogens is 554 g/mol. The van der Waals surface area contributed by atoms with E-state index in [0.29, 0.717) is 16.1 Å². The monoisotopic (exact) mass is 585 g/mol. The minimum Gasteiger partial charge on any atom is -0.467 e. The summed E-state index contributed by atoms with van der Waals surface area (Å²) < 4.78 is 45.6. The van der Waals surface area contributed by atoms with Crippen LogP contribution in [-0.2, 0) is 39.4 Å². The first-order valence-corrected chi connectivity index (χ1v) is 14.3. The van der Waals surface area contributed by atoms with Crippen LogP contribution in [0.3, 0.4) is 0 Å². The van der Waals surface area contributed by atoms with Crippen molar-refractivity contribution in [1.82, 2.24) is 4.72 Å². The van der Waals surface area contributed by atoms with E-state index in [1.807, 2.05) is 6.92 Å². The Morgan fingerprint density at radius 3 is 2.02 bits per heavy atom. The van der Waals surface area contributed by atoms with Crippen molar-refractivity contribution in [1.29, 1.82) is 0 Å². The summed E-state index contributed by atoms with van der Waals surface area (Å²) in [6.07, 6.45) is 0.820. The van der Waals surface area contributed by atoms with Crippen LogP contribution in [0.25, 0.3) is 0 Å². The Kier molecular flexibility index (Phi) is 10.1. The summed E-state index contributed by atoms with van der Waals surface area (Å²) in [5.74, 6) is -2.81. The molecule has 3 rings (SSSR count). The summed E-state index contributed by atoms with van der Waals surface area (Å²) in [5, 5.41) is 0.438. The van der Waals surface area contributed by atoms with Gasteiger partial charge in [-0.25, -0.2) is 18.0 Å². The zero-order valence-electron chi connectivity index (χ0n) is 22.9. The highest BCUT2D eigenvalue weighted by Crippen LogP contribution is 2.44. The number of carbonyl (C=O) groups is 2. The van der Waals surface area contributed by atoms with Gasteiger partial charge in [-0.3, -0.25) is 4.72 Å². The molecule has 0 aromatic heterocycles. The van der Waals surface area contributed by atoms with Crippen LogP contribution in [0.15, 0.2) is 95.5 Å². The number of aryl methyl sites for hydroxylation is 1. The standard InChI is InChI=1S/C30H32ClNO7S/c1-20(2)39-30(29(34)38-5,23-9-7-6-8-10-23)26(22-13-15-24(31)16-14-22)19-27(28(33)37-4)32-40(35,36)25-17-11-21(3)12-18-25/h6-20,26,32H,1-5H3/b27-19-. The Morgan fingerprint density at radius 1 is 0.900 bits per heavy atom. The van der Waals surface area contributed by atoms with Crippen LogP contribution in [0, 0.1) is 6.92 Å². The molecule has 0 aliphatic heterocycles. The number of ether oxygens (including phenoxy) is 3. The van der Waals surface area contributed by atoms with Gasteiger partial charge in [0.05, 0.1) is 25.2 Å². The molecule has 0 aliphatic carbocycles. The van der Waals surface area contributed by atoms with Crippen molar-refractivity contribution in [2.75, 3.05) is 14.2 Å². The Bertz CT molecular complexity index is 1450. The fourth-order valence-corrected chi connectivity index (χ4v) is 5.46. The highest BCUT2D eigenvalue weighted by molar-refractivity contribution is 7.89. The summed E-state index contributed by atoms with van der Waals surface area (Å²) in [6.45, 7) is 5.33. The van der Waals surface area contributed by atoms with Crippen LogP contribution >= 0.6 is 11.6 Å². The number of rotatable bonds is 11. The highest BCUT2D eigenvalue weighted by Gasteiger charge is 2.51. The lowest BCUT2D eigenvalue weighted by Crippen LogP contribution is -2.47. The van der Waals surface area contributed by atoms with Gasteiger partial charge in [0.1, 0.15) is 5.70 Å². The molecule has 0 bridgehead atoms. The lowest BCUT2D eigenvalue weighted by atomic mass is 9.76. The SMILES string of the molecule is COC(=O)/C(=C/C(c1ccc(Cl)cc1)C(OC(C)C)(C(=O)OC)c1ccccc1)NS(=O)(=O)c1ccc(C)cc1. The van der Waals surface area contributed by atoms with Crippen molar-refractivity contribution in [3.05, 3.63) is 112 Å². The maximum absolute atomic E-state index is 13.8. The number of esters is 2. The molecule has 0 saturated carbocycles. The summed E-state index contributed by atoms with van der Waals surface area (Å²) >= 11 is 6.16. The lowest BCUT2D eigenvalue weighted by Gasteiger charge is -2.39. The number of methoxy groups -OCH3 is 2. The number of hydrogen-bond donors (Lipinski definition) is 1. The second-order valence-electron chi connectivity index (χ2n) is 9.28. The number of sulfonamides is 1. The van der Waals surface area contributed by atoms with E-state index >= 15 is 0 Å². The number of halogens is 1. The number of benzene rings is 3. The molecule has 0 amide bonds. The molecule has 8 nitrogen and oxygen atoms in total. The van der Waals surface area contributed by atoms with Gasteiger partial charge in [0.2, 0.25) is 5.60 Å². The lowest BCUT2D eigenvalue weighted by molar-refractivity contribution is -0.180. The third-order valence-electron chi connectivity index (χ3n) is 6.09. The highest BCUT2D eigenvalue weighted by atomic mass is 35.5. The topological polar surface area (TPSA) is 108 Å². The molecule has 2 unspecified atom stereocenters. The predicted octanol–water partition coefficient (Wildman–Crippen LogP) is 5.26. The van der Waals surface area contributed by atoms with E-state index in [1.54, 1.807) is 80.6 Å². The van der Waals surface area contributed by atoms with Gasteiger partial charge in [-0.15, -0.1) is 0 Å². The number of hydrogen-bond acceptors (Lipinski definition) is 7. The second-order valence-corrected chi connectivity index (χ2v) is 11.4. The van der Waals surface area contributed by atoms with Crippen LogP contribution in [-0.4, -0.2) is 40.7 Å². The molecule has 0 heterocycles. The number of nitrogens with one attached hydrogen (secondary N) is 1. The van der Waals surface area contributed by atoms with Gasteiger partial charge in [-0.1, -0.05) is 71.8 Å². The van der Waals surface area contributed by atoms with E-state index < -0.39 is 45.3 Å². The van der Waals surface area contributed by atoms with Gasteiger partial charge in [-0.2, -0.15) is 0 Å². The van der Waals surface area contributed by atoms with Crippen LogP contribution in [0.1, 0.15) is 36.5 Å². The van der Waals surface area contributed by atoms with Crippen molar-refractivity contribution in [3.8, 4) is 0 Å². The molecule has 40 heavy (non-hydrogen) atoms. The Morgan fingerprint density at radius 2 is 1.50 bits per heavy atom. The van der Waals surface area contributed by atoms with E-state index in [2.05, 4.69) is 4.72 Å². The first-order valence-electron chi connectivity index (χ1n) is 12.4. The molecular formula is C30H32ClNO7S. The normalized spacial score (nSPS) is 14.2. The van der Waals surface area contributed by atoms with Crippen molar-refractivity contribution in [2.24, 2.45) is 0 Å². The smallest absolute Gasteiger partial charge is 0.354 e. The van der Waals surface area contributed by atoms with Gasteiger partial charge in [0.25, 0.3) is 10.0 Å². The van der Waals surface area contributed by atoms with Crippen LogP contribution in [0.5, 0.6) is 0 Å². The molecule has 212 valence electrons. The average molecular weight is 586 g/mol. The molecule has 2 atom stereocenters. The fraction of sp³-hybridized carbons (Fsp3) is 0.267. The van der Waals surface area contributed by atoms with E-state index in [9.17, 15) is 18.0 Å². The van der Waals surface area contributed by atoms with E-state index in [-0.39, 0.29) is 4.90 Å². The molecule has 3 aromatic rings. The molecule has 0 aliphatic rings. The Balaban J connectivity index is 2.35. The van der Waals surface area contributed by atoms with E-state index in [4.69, 9.17) is 25.8 Å². The summed E-state index contributed by atoms with van der Waals surface area (Å²) in [5.41, 5.74) is -0.471. The zero-order valence-corrected chi connectivity index (χ0v) is 24.5. The predicted molar refractivity (Wildman–Crippen MR) is 152 cm³/mol. The Labute approximate surface area is 240 Å². The van der Waals surface area contributed by atoms with Crippen molar-refractivity contribution in [2.45, 2.75) is 43.3 Å². The largest absolute Gasteiger partial charge is 0.467 e. The molecule has 0 radical (unpaired) electrons. The van der Waals surface area contributed by atoms with Crippen LogP contribution in [0.2, 0.25) is 5.02 Å². The van der Waals surface area contributed by atoms with Gasteiger partial charge >= 0.3 is 11.9 Å². The molecule has 0 saturated heterocycles. The summed E-state index contributed by atoms with van der Waals surface area (Å²) in [4.78, 5) is 26.7. The molecule has 0 spiro atoms. The third kappa shape index (κ3) is 6.91. The number of carbonyl (C=O) groups excluding carboxylic acids is 2. The van der Waals surface area contributed by atoms with E-state index in [1.165, 1.54) is 25.3 Å². The van der Waals surface area contributed by atoms with E-state index in [0.717, 1.165) is 12.7 Å². The zero-order chi connectivity index (χ0) is 29.5.